The van der Waals surface area contributed by atoms with Gasteiger partial charge in [0.1, 0.15) is 11.9 Å². The number of benzene rings is 1. The van der Waals surface area contributed by atoms with E-state index in [9.17, 15) is 14.0 Å². The zero-order valence-electron chi connectivity index (χ0n) is 10.7. The van der Waals surface area contributed by atoms with Crippen LogP contribution in [0.5, 0.6) is 0 Å². The second kappa shape index (κ2) is 6.60. The van der Waals surface area contributed by atoms with Crippen molar-refractivity contribution in [3.63, 3.8) is 0 Å². The number of hydrogen-bond donors (Lipinski definition) is 2. The van der Waals surface area contributed by atoms with Gasteiger partial charge in [-0.15, -0.1) is 11.8 Å². The largest absolute Gasteiger partial charge is 0.480 e. The Kier molecular flexibility index (Phi) is 4.84. The lowest BCUT2D eigenvalue weighted by molar-refractivity contribution is -0.140. The molecule has 2 N–H and O–H groups in total. The number of nitrogens with zero attached hydrogens (tertiary/aromatic N) is 1. The predicted octanol–water partition coefficient (Wildman–Crippen LogP) is 1.54. The third kappa shape index (κ3) is 3.63. The second-order valence-corrected chi connectivity index (χ2v) is 5.43. The number of thioether (sulfide) groups is 1. The number of aliphatic carboxylic acids is 1. The molecular weight excluding hydrogens is 283 g/mol. The van der Waals surface area contributed by atoms with Crippen LogP contribution in [-0.2, 0) is 11.2 Å². The molecule has 7 heteroatoms. The summed E-state index contributed by atoms with van der Waals surface area (Å²) in [4.78, 5) is 24.2. The number of hydrogen-bond acceptors (Lipinski definition) is 3. The lowest BCUT2D eigenvalue weighted by atomic mass is 10.1. The van der Waals surface area contributed by atoms with E-state index in [1.165, 1.54) is 28.8 Å². The molecule has 1 heterocycles. The van der Waals surface area contributed by atoms with Crippen LogP contribution >= 0.6 is 11.8 Å². The molecule has 0 unspecified atom stereocenters. The molecule has 0 spiro atoms. The van der Waals surface area contributed by atoms with Crippen molar-refractivity contribution in [2.75, 3.05) is 18.2 Å². The fourth-order valence-corrected chi connectivity index (χ4v) is 3.06. The Morgan fingerprint density at radius 3 is 2.75 bits per heavy atom. The molecule has 1 aromatic carbocycles. The topological polar surface area (TPSA) is 69.6 Å². The summed E-state index contributed by atoms with van der Waals surface area (Å²) in [6.07, 6.45) is 0.574. The van der Waals surface area contributed by atoms with Gasteiger partial charge >= 0.3 is 12.0 Å². The van der Waals surface area contributed by atoms with Gasteiger partial charge in [-0.1, -0.05) is 12.1 Å². The minimum Gasteiger partial charge on any atom is -0.480 e. The Morgan fingerprint density at radius 2 is 2.10 bits per heavy atom. The van der Waals surface area contributed by atoms with Gasteiger partial charge < -0.3 is 15.3 Å². The van der Waals surface area contributed by atoms with E-state index in [4.69, 9.17) is 5.11 Å². The van der Waals surface area contributed by atoms with E-state index in [0.29, 0.717) is 24.6 Å². The third-order valence-corrected chi connectivity index (χ3v) is 4.04. The van der Waals surface area contributed by atoms with Crippen LogP contribution in [-0.4, -0.2) is 46.2 Å². The van der Waals surface area contributed by atoms with Gasteiger partial charge in [-0.25, -0.2) is 14.0 Å². The monoisotopic (exact) mass is 298 g/mol. The molecule has 108 valence electrons. The Balaban J connectivity index is 1.80. The number of urea groups is 1. The van der Waals surface area contributed by atoms with E-state index in [-0.39, 0.29) is 11.8 Å². The average Bonchev–Trinajstić information content (AvgIpc) is 2.90. The van der Waals surface area contributed by atoms with Crippen molar-refractivity contribution in [2.45, 2.75) is 12.5 Å². The predicted molar refractivity (Wildman–Crippen MR) is 74.1 cm³/mol. The van der Waals surface area contributed by atoms with E-state index < -0.39 is 12.0 Å². The number of carboxylic acids is 1. The Hall–Kier alpha value is -1.76. The van der Waals surface area contributed by atoms with Crippen LogP contribution in [0.2, 0.25) is 0 Å². The van der Waals surface area contributed by atoms with Crippen molar-refractivity contribution in [3.05, 3.63) is 35.6 Å². The average molecular weight is 298 g/mol. The maximum Gasteiger partial charge on any atom is 0.327 e. The van der Waals surface area contributed by atoms with Crippen molar-refractivity contribution in [1.82, 2.24) is 10.2 Å². The zero-order valence-corrected chi connectivity index (χ0v) is 11.5. The first-order valence-corrected chi connectivity index (χ1v) is 7.33. The highest BCUT2D eigenvalue weighted by Gasteiger charge is 2.34. The third-order valence-electron chi connectivity index (χ3n) is 3.03. The van der Waals surface area contributed by atoms with Gasteiger partial charge in [-0.05, 0) is 24.1 Å². The number of nitrogens with one attached hydrogen (secondary N) is 1. The minimum absolute atomic E-state index is 0.295. The number of halogens is 1. The van der Waals surface area contributed by atoms with Gasteiger partial charge in [-0.2, -0.15) is 0 Å². The van der Waals surface area contributed by atoms with Gasteiger partial charge in [-0.3, -0.25) is 0 Å². The van der Waals surface area contributed by atoms with Gasteiger partial charge in [0, 0.05) is 12.3 Å². The summed E-state index contributed by atoms with van der Waals surface area (Å²) in [6, 6.07) is 4.93. The number of carbonyl (C=O) groups is 2. The zero-order chi connectivity index (χ0) is 14.5. The first kappa shape index (κ1) is 14.6. The van der Waals surface area contributed by atoms with Crippen molar-refractivity contribution in [3.8, 4) is 0 Å². The summed E-state index contributed by atoms with van der Waals surface area (Å²) in [7, 11) is 0. The SMILES string of the molecule is O=C(O)[C@@H]1CSCN1C(=O)NCCc1ccc(F)cc1. The fourth-order valence-electron chi connectivity index (χ4n) is 1.91. The van der Waals surface area contributed by atoms with Crippen molar-refractivity contribution in [1.29, 1.82) is 0 Å². The molecule has 1 atom stereocenters. The molecule has 0 bridgehead atoms. The highest BCUT2D eigenvalue weighted by atomic mass is 32.2. The van der Waals surface area contributed by atoms with E-state index in [1.54, 1.807) is 12.1 Å². The van der Waals surface area contributed by atoms with Crippen molar-refractivity contribution in [2.24, 2.45) is 0 Å². The molecular formula is C13H15FN2O3S. The van der Waals surface area contributed by atoms with Gasteiger partial charge in [0.25, 0.3) is 0 Å². The quantitative estimate of drug-likeness (QED) is 0.884. The molecule has 0 aromatic heterocycles. The van der Waals surface area contributed by atoms with Crippen LogP contribution in [0.25, 0.3) is 0 Å². The molecule has 1 aliphatic rings. The summed E-state index contributed by atoms with van der Waals surface area (Å²) < 4.78 is 12.7. The molecule has 2 rings (SSSR count). The summed E-state index contributed by atoms with van der Waals surface area (Å²) in [5, 5.41) is 11.7. The minimum atomic E-state index is -0.983. The summed E-state index contributed by atoms with van der Waals surface area (Å²) >= 11 is 1.42. The molecule has 2 amide bonds. The van der Waals surface area contributed by atoms with Crippen LogP contribution in [0.1, 0.15) is 5.56 Å². The highest BCUT2D eigenvalue weighted by molar-refractivity contribution is 7.99. The summed E-state index contributed by atoms with van der Waals surface area (Å²) in [5.74, 6) is -0.472. The van der Waals surface area contributed by atoms with Crippen LogP contribution in [0.3, 0.4) is 0 Å². The first-order valence-electron chi connectivity index (χ1n) is 6.17. The van der Waals surface area contributed by atoms with Gasteiger partial charge in [0.15, 0.2) is 0 Å². The molecule has 5 nitrogen and oxygen atoms in total. The Morgan fingerprint density at radius 1 is 1.40 bits per heavy atom. The van der Waals surface area contributed by atoms with E-state index >= 15 is 0 Å². The highest BCUT2D eigenvalue weighted by Crippen LogP contribution is 2.20. The first-order chi connectivity index (χ1) is 9.58. The van der Waals surface area contributed by atoms with Gasteiger partial charge in [0.2, 0.25) is 0 Å². The molecule has 1 aromatic rings. The molecule has 1 aliphatic heterocycles. The number of amides is 2. The fraction of sp³-hybridized carbons (Fsp3) is 0.385. The normalized spacial score (nSPS) is 18.1. The van der Waals surface area contributed by atoms with Crippen LogP contribution in [0.15, 0.2) is 24.3 Å². The van der Waals surface area contributed by atoms with E-state index in [1.807, 2.05) is 0 Å². The standard InChI is InChI=1S/C13H15FN2O3S/c14-10-3-1-9(2-4-10)5-6-15-13(19)16-8-20-7-11(16)12(17)18/h1-4,11H,5-8H2,(H,15,19)(H,17,18)/t11-/m0/s1. The molecule has 1 fully saturated rings. The van der Waals surface area contributed by atoms with Crippen LogP contribution in [0.4, 0.5) is 9.18 Å². The smallest absolute Gasteiger partial charge is 0.327 e. The lowest BCUT2D eigenvalue weighted by Crippen LogP contribution is -2.47. The molecule has 0 aliphatic carbocycles. The van der Waals surface area contributed by atoms with E-state index in [2.05, 4.69) is 5.32 Å². The maximum absolute atomic E-state index is 12.7. The van der Waals surface area contributed by atoms with Crippen molar-refractivity contribution < 1.29 is 19.1 Å². The summed E-state index contributed by atoms with van der Waals surface area (Å²) in [5.41, 5.74) is 0.914. The number of rotatable bonds is 4. The molecule has 20 heavy (non-hydrogen) atoms. The second-order valence-electron chi connectivity index (χ2n) is 4.43. The Labute approximate surface area is 120 Å². The lowest BCUT2D eigenvalue weighted by Gasteiger charge is -2.20. The molecule has 0 saturated carbocycles. The molecule has 1 saturated heterocycles. The van der Waals surface area contributed by atoms with Crippen LogP contribution < -0.4 is 5.32 Å². The maximum atomic E-state index is 12.7. The van der Waals surface area contributed by atoms with Gasteiger partial charge in [0.05, 0.1) is 5.88 Å². The van der Waals surface area contributed by atoms with E-state index in [0.717, 1.165) is 5.56 Å². The van der Waals surface area contributed by atoms with Crippen LogP contribution in [0, 0.1) is 5.82 Å². The number of carbonyl (C=O) groups excluding carboxylic acids is 1. The van der Waals surface area contributed by atoms with Crippen molar-refractivity contribution >= 4 is 23.8 Å². The number of carboxylic acid groups (broad SMARTS) is 1. The summed E-state index contributed by atoms with van der Waals surface area (Å²) in [6.45, 7) is 0.387. The molecule has 0 radical (unpaired) electrons. The Bertz CT molecular complexity index is 495.